The van der Waals surface area contributed by atoms with Gasteiger partial charge in [0.05, 0.1) is 12.3 Å². The standard InChI is InChI=1S/C13H15BrN2O/c1-9-3-11(6-12(14)4-9)13(17)5-10-7-15-16(2)8-10/h3-4,6-8,13,17H,5H2,1-2H3. The summed E-state index contributed by atoms with van der Waals surface area (Å²) in [7, 11) is 1.87. The zero-order valence-electron chi connectivity index (χ0n) is 9.89. The van der Waals surface area contributed by atoms with Crippen molar-refractivity contribution in [2.75, 3.05) is 0 Å². The second-order valence-corrected chi connectivity index (χ2v) is 5.22. The lowest BCUT2D eigenvalue weighted by Gasteiger charge is -2.11. The lowest BCUT2D eigenvalue weighted by molar-refractivity contribution is 0.178. The van der Waals surface area contributed by atoms with Gasteiger partial charge in [0.1, 0.15) is 0 Å². The number of aryl methyl sites for hydroxylation is 2. The van der Waals surface area contributed by atoms with Crippen molar-refractivity contribution in [3.63, 3.8) is 0 Å². The summed E-state index contributed by atoms with van der Waals surface area (Å²) < 4.78 is 2.74. The zero-order valence-corrected chi connectivity index (χ0v) is 11.5. The van der Waals surface area contributed by atoms with E-state index in [1.54, 1.807) is 10.9 Å². The van der Waals surface area contributed by atoms with E-state index in [9.17, 15) is 5.11 Å². The summed E-state index contributed by atoms with van der Waals surface area (Å²) in [6.45, 7) is 2.02. The first-order valence-corrected chi connectivity index (χ1v) is 6.26. The fourth-order valence-electron chi connectivity index (χ4n) is 1.88. The molecule has 0 spiro atoms. The van der Waals surface area contributed by atoms with Gasteiger partial charge in [0.25, 0.3) is 0 Å². The normalized spacial score (nSPS) is 12.7. The van der Waals surface area contributed by atoms with E-state index in [0.717, 1.165) is 21.2 Å². The fourth-order valence-corrected chi connectivity index (χ4v) is 2.50. The number of aliphatic hydroxyl groups excluding tert-OH is 1. The molecular formula is C13H15BrN2O. The Hall–Kier alpha value is -1.13. The Labute approximate surface area is 109 Å². The number of benzene rings is 1. The lowest BCUT2D eigenvalue weighted by Crippen LogP contribution is -2.01. The van der Waals surface area contributed by atoms with Gasteiger partial charge in [-0.25, -0.2) is 0 Å². The van der Waals surface area contributed by atoms with Crippen LogP contribution in [-0.4, -0.2) is 14.9 Å². The Morgan fingerprint density at radius 2 is 2.18 bits per heavy atom. The third kappa shape index (κ3) is 3.17. The Kier molecular flexibility index (Phi) is 3.64. The molecule has 1 atom stereocenters. The van der Waals surface area contributed by atoms with Crippen molar-refractivity contribution in [3.8, 4) is 0 Å². The molecule has 1 N–H and O–H groups in total. The van der Waals surface area contributed by atoms with E-state index in [0.29, 0.717) is 6.42 Å². The van der Waals surface area contributed by atoms with Gasteiger partial charge in [0, 0.05) is 24.1 Å². The minimum Gasteiger partial charge on any atom is -0.388 e. The van der Waals surface area contributed by atoms with E-state index in [2.05, 4.69) is 21.0 Å². The minimum absolute atomic E-state index is 0.490. The molecule has 1 heterocycles. The van der Waals surface area contributed by atoms with Crippen molar-refractivity contribution in [2.45, 2.75) is 19.4 Å². The molecule has 0 radical (unpaired) electrons. The topological polar surface area (TPSA) is 38.1 Å². The predicted molar refractivity (Wildman–Crippen MR) is 70.8 cm³/mol. The molecular weight excluding hydrogens is 280 g/mol. The van der Waals surface area contributed by atoms with Gasteiger partial charge < -0.3 is 5.11 Å². The van der Waals surface area contributed by atoms with Crippen LogP contribution in [0.2, 0.25) is 0 Å². The van der Waals surface area contributed by atoms with Crippen LogP contribution in [0.1, 0.15) is 22.8 Å². The fraction of sp³-hybridized carbons (Fsp3) is 0.308. The average molecular weight is 295 g/mol. The maximum Gasteiger partial charge on any atom is 0.0832 e. The summed E-state index contributed by atoms with van der Waals surface area (Å²) in [5.74, 6) is 0. The summed E-state index contributed by atoms with van der Waals surface area (Å²) in [4.78, 5) is 0. The number of hydrogen-bond acceptors (Lipinski definition) is 2. The first-order valence-electron chi connectivity index (χ1n) is 5.47. The number of aromatic nitrogens is 2. The maximum atomic E-state index is 10.2. The van der Waals surface area contributed by atoms with Gasteiger partial charge in [0.15, 0.2) is 0 Å². The van der Waals surface area contributed by atoms with Gasteiger partial charge in [-0.1, -0.05) is 22.0 Å². The van der Waals surface area contributed by atoms with E-state index in [4.69, 9.17) is 0 Å². The number of halogens is 1. The summed E-state index contributed by atoms with van der Waals surface area (Å²) in [6.07, 6.45) is 3.81. The molecule has 3 nitrogen and oxygen atoms in total. The second-order valence-electron chi connectivity index (χ2n) is 4.30. The molecule has 0 fully saturated rings. The minimum atomic E-state index is -0.490. The Morgan fingerprint density at radius 3 is 2.76 bits per heavy atom. The van der Waals surface area contributed by atoms with E-state index in [-0.39, 0.29) is 0 Å². The van der Waals surface area contributed by atoms with Crippen LogP contribution in [0.3, 0.4) is 0 Å². The predicted octanol–water partition coefficient (Wildman–Crippen LogP) is 2.77. The average Bonchev–Trinajstić information content (AvgIpc) is 2.62. The smallest absolute Gasteiger partial charge is 0.0832 e. The van der Waals surface area contributed by atoms with E-state index >= 15 is 0 Å². The highest BCUT2D eigenvalue weighted by Crippen LogP contribution is 2.23. The van der Waals surface area contributed by atoms with Crippen molar-refractivity contribution in [2.24, 2.45) is 7.05 Å². The number of hydrogen-bond donors (Lipinski definition) is 1. The molecule has 4 heteroatoms. The van der Waals surface area contributed by atoms with E-state index < -0.39 is 6.10 Å². The van der Waals surface area contributed by atoms with Crippen molar-refractivity contribution in [1.82, 2.24) is 9.78 Å². The van der Waals surface area contributed by atoms with Gasteiger partial charge >= 0.3 is 0 Å². The Bertz CT molecular complexity index is 502. The number of rotatable bonds is 3. The SMILES string of the molecule is Cc1cc(Br)cc(C(O)Cc2cnn(C)c2)c1. The molecule has 2 aromatic rings. The number of aliphatic hydroxyl groups is 1. The quantitative estimate of drug-likeness (QED) is 0.945. The molecule has 0 amide bonds. The van der Waals surface area contributed by atoms with Crippen LogP contribution in [0, 0.1) is 6.92 Å². The Morgan fingerprint density at radius 1 is 1.41 bits per heavy atom. The molecule has 0 saturated carbocycles. The maximum absolute atomic E-state index is 10.2. The van der Waals surface area contributed by atoms with Crippen LogP contribution in [0.25, 0.3) is 0 Å². The van der Waals surface area contributed by atoms with Gasteiger partial charge in [0.2, 0.25) is 0 Å². The zero-order chi connectivity index (χ0) is 12.4. The highest BCUT2D eigenvalue weighted by atomic mass is 79.9. The lowest BCUT2D eigenvalue weighted by atomic mass is 10.0. The highest BCUT2D eigenvalue weighted by Gasteiger charge is 2.10. The van der Waals surface area contributed by atoms with Crippen LogP contribution in [-0.2, 0) is 13.5 Å². The summed E-state index contributed by atoms with van der Waals surface area (Å²) in [5.41, 5.74) is 3.11. The summed E-state index contributed by atoms with van der Waals surface area (Å²) in [5, 5.41) is 14.3. The van der Waals surface area contributed by atoms with E-state index in [1.165, 1.54) is 0 Å². The second kappa shape index (κ2) is 5.02. The van der Waals surface area contributed by atoms with Crippen LogP contribution in [0.15, 0.2) is 35.1 Å². The molecule has 90 valence electrons. The summed E-state index contributed by atoms with van der Waals surface area (Å²) in [6, 6.07) is 5.99. The van der Waals surface area contributed by atoms with Crippen molar-refractivity contribution >= 4 is 15.9 Å². The van der Waals surface area contributed by atoms with Crippen LogP contribution >= 0.6 is 15.9 Å². The van der Waals surface area contributed by atoms with Crippen molar-refractivity contribution in [3.05, 3.63) is 51.8 Å². The van der Waals surface area contributed by atoms with Gasteiger partial charge in [-0.05, 0) is 35.7 Å². The molecule has 0 bridgehead atoms. The molecule has 1 unspecified atom stereocenters. The van der Waals surface area contributed by atoms with Crippen LogP contribution < -0.4 is 0 Å². The van der Waals surface area contributed by atoms with Gasteiger partial charge in [-0.3, -0.25) is 4.68 Å². The molecule has 0 saturated heterocycles. The molecule has 0 aliphatic heterocycles. The van der Waals surface area contributed by atoms with Gasteiger partial charge in [-0.15, -0.1) is 0 Å². The third-order valence-electron chi connectivity index (χ3n) is 2.64. The molecule has 1 aromatic heterocycles. The molecule has 0 aliphatic carbocycles. The van der Waals surface area contributed by atoms with Gasteiger partial charge in [-0.2, -0.15) is 5.10 Å². The highest BCUT2D eigenvalue weighted by molar-refractivity contribution is 9.10. The Balaban J connectivity index is 2.16. The molecule has 2 rings (SSSR count). The molecule has 1 aromatic carbocycles. The number of nitrogens with zero attached hydrogens (tertiary/aromatic N) is 2. The first-order chi connectivity index (χ1) is 8.04. The molecule has 0 aliphatic rings. The third-order valence-corrected chi connectivity index (χ3v) is 3.09. The first kappa shape index (κ1) is 12.3. The van der Waals surface area contributed by atoms with E-state index in [1.807, 2.05) is 38.4 Å². The largest absolute Gasteiger partial charge is 0.388 e. The monoisotopic (exact) mass is 294 g/mol. The summed E-state index contributed by atoms with van der Waals surface area (Å²) >= 11 is 3.44. The van der Waals surface area contributed by atoms with Crippen molar-refractivity contribution in [1.29, 1.82) is 0 Å². The van der Waals surface area contributed by atoms with Crippen LogP contribution in [0.4, 0.5) is 0 Å². The molecule has 17 heavy (non-hydrogen) atoms. The van der Waals surface area contributed by atoms with Crippen molar-refractivity contribution < 1.29 is 5.11 Å². The van der Waals surface area contributed by atoms with Crippen LogP contribution in [0.5, 0.6) is 0 Å².